The van der Waals surface area contributed by atoms with Gasteiger partial charge in [-0.1, -0.05) is 60.7 Å². The van der Waals surface area contributed by atoms with Crippen molar-refractivity contribution >= 4 is 50.8 Å². The molecular formula is C46H63N5O10S. The van der Waals surface area contributed by atoms with E-state index < -0.39 is 52.2 Å². The number of hydrogen-bond acceptors (Lipinski definition) is 9. The number of carbonyl (C=O) groups excluding carboxylic acids is 4. The second kappa shape index (κ2) is 22.2. The number of fused-ring (bicyclic) bond motifs is 1. The molecule has 0 spiro atoms. The van der Waals surface area contributed by atoms with Crippen LogP contribution in [0.2, 0.25) is 0 Å². The van der Waals surface area contributed by atoms with Crippen LogP contribution in [0.1, 0.15) is 97.1 Å². The van der Waals surface area contributed by atoms with Gasteiger partial charge in [0.1, 0.15) is 11.6 Å². The number of nitrogens with zero attached hydrogens (tertiary/aromatic N) is 2. The van der Waals surface area contributed by atoms with Gasteiger partial charge in [-0.05, 0) is 119 Å². The maximum atomic E-state index is 14.3. The van der Waals surface area contributed by atoms with E-state index >= 15 is 0 Å². The van der Waals surface area contributed by atoms with Crippen molar-refractivity contribution in [3.63, 3.8) is 0 Å². The van der Waals surface area contributed by atoms with Crippen molar-refractivity contribution < 1.29 is 47.0 Å². The standard InChI is InChI=1S/C46H63N5O10S/c1-5-60-43(54)40(49-62(58,59)38-20-19-34-11-9-10-14-37(34)29-38)31-47-41(52)30-39(35-12-7-6-8-13-35)48-42(53)36(17-15-32-21-25-50(26-22-32)44(55)56)18-16-33-23-27-51(28-24-33)45(57)61-46(2,3)4/h6-14,19-20,29,32-33,36,39-40,49H,5,15-18,21-28,30-31H2,1-4H3,(H,47,52)(H,48,53)(H,55,56). The summed E-state index contributed by atoms with van der Waals surface area (Å²) in [6.45, 7) is 8.80. The summed E-state index contributed by atoms with van der Waals surface area (Å²) < 4.78 is 40.1. The quantitative estimate of drug-likeness (QED) is 0.101. The van der Waals surface area contributed by atoms with E-state index in [9.17, 15) is 37.5 Å². The van der Waals surface area contributed by atoms with E-state index in [1.165, 1.54) is 17.0 Å². The Labute approximate surface area is 365 Å². The molecule has 3 aromatic carbocycles. The average molecular weight is 878 g/mol. The van der Waals surface area contributed by atoms with Crippen LogP contribution in [0.4, 0.5) is 9.59 Å². The van der Waals surface area contributed by atoms with Gasteiger partial charge < -0.3 is 35.0 Å². The molecule has 2 aliphatic heterocycles. The normalized spacial score (nSPS) is 16.8. The predicted molar refractivity (Wildman–Crippen MR) is 234 cm³/mol. The number of likely N-dealkylation sites (tertiary alicyclic amines) is 2. The highest BCUT2D eigenvalue weighted by atomic mass is 32.2. The van der Waals surface area contributed by atoms with E-state index in [2.05, 4.69) is 15.4 Å². The van der Waals surface area contributed by atoms with E-state index in [4.69, 9.17) is 9.47 Å². The lowest BCUT2D eigenvalue weighted by atomic mass is 9.83. The van der Waals surface area contributed by atoms with Crippen LogP contribution < -0.4 is 15.4 Å². The van der Waals surface area contributed by atoms with Crippen LogP contribution in [0.25, 0.3) is 10.8 Å². The lowest BCUT2D eigenvalue weighted by Gasteiger charge is -2.34. The Bertz CT molecular complexity index is 2100. The summed E-state index contributed by atoms with van der Waals surface area (Å²) in [5, 5.41) is 16.8. The third-order valence-corrected chi connectivity index (χ3v) is 13.1. The highest BCUT2D eigenvalue weighted by Crippen LogP contribution is 2.31. The third kappa shape index (κ3) is 14.4. The number of esters is 1. The summed E-state index contributed by atoms with van der Waals surface area (Å²) in [5.74, 6) is -1.37. The molecule has 2 heterocycles. The van der Waals surface area contributed by atoms with Gasteiger partial charge in [-0.15, -0.1) is 0 Å². The number of ether oxygens (including phenoxy) is 2. The largest absolute Gasteiger partial charge is 0.465 e. The maximum Gasteiger partial charge on any atom is 0.410 e. The monoisotopic (exact) mass is 877 g/mol. The molecule has 338 valence electrons. The number of rotatable bonds is 18. The fourth-order valence-electron chi connectivity index (χ4n) is 8.13. The van der Waals surface area contributed by atoms with Gasteiger partial charge in [0.2, 0.25) is 21.8 Å². The van der Waals surface area contributed by atoms with Crippen molar-refractivity contribution in [2.45, 2.75) is 108 Å². The van der Waals surface area contributed by atoms with Crippen LogP contribution in [0.15, 0.2) is 77.7 Å². The molecule has 0 aromatic heterocycles. The van der Waals surface area contributed by atoms with Crippen LogP contribution in [0, 0.1) is 17.8 Å². The highest BCUT2D eigenvalue weighted by molar-refractivity contribution is 7.89. The van der Waals surface area contributed by atoms with E-state index in [-0.39, 0.29) is 41.8 Å². The average Bonchev–Trinajstić information content (AvgIpc) is 3.24. The van der Waals surface area contributed by atoms with Crippen molar-refractivity contribution in [1.82, 2.24) is 25.2 Å². The first-order chi connectivity index (χ1) is 29.5. The van der Waals surface area contributed by atoms with Gasteiger partial charge in [-0.3, -0.25) is 14.4 Å². The molecule has 2 aliphatic rings. The molecule has 0 radical (unpaired) electrons. The third-order valence-electron chi connectivity index (χ3n) is 11.7. The molecule has 0 bridgehead atoms. The lowest BCUT2D eigenvalue weighted by Crippen LogP contribution is -2.49. The Hall–Kier alpha value is -5.22. The van der Waals surface area contributed by atoms with Crippen molar-refractivity contribution in [3.05, 3.63) is 78.4 Å². The zero-order valence-corrected chi connectivity index (χ0v) is 37.2. The predicted octanol–water partition coefficient (Wildman–Crippen LogP) is 6.63. The zero-order valence-electron chi connectivity index (χ0n) is 36.3. The van der Waals surface area contributed by atoms with Gasteiger partial charge in [0, 0.05) is 38.6 Å². The molecule has 3 unspecified atom stereocenters. The van der Waals surface area contributed by atoms with E-state index in [1.54, 1.807) is 30.0 Å². The summed E-state index contributed by atoms with van der Waals surface area (Å²) in [7, 11) is -4.21. The Kier molecular flexibility index (Phi) is 17.1. The Morgan fingerprint density at radius 2 is 1.39 bits per heavy atom. The van der Waals surface area contributed by atoms with Gasteiger partial charge in [0.05, 0.1) is 24.0 Å². The molecule has 62 heavy (non-hydrogen) atoms. The Morgan fingerprint density at radius 3 is 1.97 bits per heavy atom. The molecule has 0 saturated carbocycles. The van der Waals surface area contributed by atoms with Crippen molar-refractivity contribution in [2.75, 3.05) is 39.3 Å². The molecule has 5 rings (SSSR count). The smallest absolute Gasteiger partial charge is 0.410 e. The zero-order chi connectivity index (χ0) is 44.9. The fourth-order valence-corrected chi connectivity index (χ4v) is 9.35. The fraction of sp³-hybridized carbons (Fsp3) is 0.543. The minimum atomic E-state index is -4.21. The topological polar surface area (TPSA) is 201 Å². The number of piperidine rings is 2. The van der Waals surface area contributed by atoms with Gasteiger partial charge >= 0.3 is 18.2 Å². The van der Waals surface area contributed by atoms with Gasteiger partial charge in [-0.25, -0.2) is 18.0 Å². The number of nitrogens with one attached hydrogen (secondary N) is 3. The Morgan fingerprint density at radius 1 is 0.806 bits per heavy atom. The first kappa shape index (κ1) is 47.8. The van der Waals surface area contributed by atoms with Crippen LogP contribution in [-0.2, 0) is 33.9 Å². The molecular weight excluding hydrogens is 815 g/mol. The molecule has 2 fully saturated rings. The van der Waals surface area contributed by atoms with Gasteiger partial charge in [0.15, 0.2) is 0 Å². The SMILES string of the molecule is CCOC(=O)C(CNC(=O)CC(NC(=O)C(CCC1CCN(C(=O)O)CC1)CCC1CCN(C(=O)OC(C)(C)C)CC1)c1ccccc1)NS(=O)(=O)c1ccc2ccccc2c1. The number of carbonyl (C=O) groups is 5. The van der Waals surface area contributed by atoms with Gasteiger partial charge in [-0.2, -0.15) is 4.72 Å². The molecule has 4 amide bonds. The van der Waals surface area contributed by atoms with Crippen LogP contribution in [0.3, 0.4) is 0 Å². The molecule has 3 atom stereocenters. The van der Waals surface area contributed by atoms with E-state index in [0.717, 1.165) is 43.9 Å². The number of sulfonamides is 1. The minimum Gasteiger partial charge on any atom is -0.465 e. The summed E-state index contributed by atoms with van der Waals surface area (Å²) in [6.07, 6.45) is 4.32. The minimum absolute atomic E-state index is 0.00292. The van der Waals surface area contributed by atoms with Crippen LogP contribution >= 0.6 is 0 Å². The first-order valence-corrected chi connectivity index (χ1v) is 23.2. The molecule has 0 aliphatic carbocycles. The second-order valence-corrected chi connectivity index (χ2v) is 19.1. The first-order valence-electron chi connectivity index (χ1n) is 21.8. The maximum absolute atomic E-state index is 14.3. The van der Waals surface area contributed by atoms with Gasteiger partial charge in [0.25, 0.3) is 0 Å². The molecule has 4 N–H and O–H groups in total. The summed E-state index contributed by atoms with van der Waals surface area (Å²) >= 11 is 0. The van der Waals surface area contributed by atoms with Crippen LogP contribution in [-0.4, -0.2) is 104 Å². The summed E-state index contributed by atoms with van der Waals surface area (Å²) in [5.41, 5.74) is 0.116. The Balaban J connectivity index is 1.25. The molecule has 3 aromatic rings. The molecule has 2 saturated heterocycles. The lowest BCUT2D eigenvalue weighted by molar-refractivity contribution is -0.145. The van der Waals surface area contributed by atoms with Crippen LogP contribution in [0.5, 0.6) is 0 Å². The second-order valence-electron chi connectivity index (χ2n) is 17.4. The van der Waals surface area contributed by atoms with Crippen molar-refractivity contribution in [3.8, 4) is 0 Å². The number of benzene rings is 3. The summed E-state index contributed by atoms with van der Waals surface area (Å²) in [4.78, 5) is 68.3. The summed E-state index contributed by atoms with van der Waals surface area (Å²) in [6, 6.07) is 18.9. The van der Waals surface area contributed by atoms with Crippen molar-refractivity contribution in [1.29, 1.82) is 0 Å². The molecule has 15 nitrogen and oxygen atoms in total. The number of carboxylic acid groups (broad SMARTS) is 1. The number of amides is 4. The van der Waals surface area contributed by atoms with E-state index in [0.29, 0.717) is 55.9 Å². The van der Waals surface area contributed by atoms with E-state index in [1.807, 2.05) is 63.2 Å². The highest BCUT2D eigenvalue weighted by Gasteiger charge is 2.32. The number of hydrogen-bond donors (Lipinski definition) is 4. The molecule has 16 heteroatoms. The van der Waals surface area contributed by atoms with Crippen molar-refractivity contribution in [2.24, 2.45) is 17.8 Å².